The van der Waals surface area contributed by atoms with E-state index < -0.39 is 7.92 Å². The first-order valence-corrected chi connectivity index (χ1v) is 13.3. The largest absolute Gasteiger partial charge is 0.435 e. The summed E-state index contributed by atoms with van der Waals surface area (Å²) in [5, 5.41) is 1.50. The zero-order valence-corrected chi connectivity index (χ0v) is 19.8. The van der Waals surface area contributed by atoms with Crippen molar-refractivity contribution in [2.24, 2.45) is 29.1 Å². The molecular weight excluding hydrogens is 391 g/mol. The first kappa shape index (κ1) is 20.7. The van der Waals surface area contributed by atoms with Gasteiger partial charge < -0.3 is 9.47 Å². The topological polar surface area (TPSA) is 35.5 Å². The maximum atomic E-state index is 13.0. The number of allylic oxidation sites excluding steroid dienone is 1. The number of carbonyl (C=O) groups excluding carboxylic acids is 1. The molecule has 4 aliphatic rings. The maximum Gasteiger partial charge on any atom is 0.313 e. The molecule has 1 saturated carbocycles. The van der Waals surface area contributed by atoms with Crippen LogP contribution in [0, 0.1) is 29.1 Å². The summed E-state index contributed by atoms with van der Waals surface area (Å²) in [7, 11) is -0.459. The minimum Gasteiger partial charge on any atom is -0.435 e. The maximum absolute atomic E-state index is 13.0. The molecular formula is C26H35O3P. The van der Waals surface area contributed by atoms with Crippen LogP contribution < -0.4 is 0 Å². The summed E-state index contributed by atoms with van der Waals surface area (Å²) in [6.45, 7) is 11.5. The molecule has 2 bridgehead atoms. The Morgan fingerprint density at radius 1 is 1.20 bits per heavy atom. The van der Waals surface area contributed by atoms with Crippen LogP contribution in [0.2, 0.25) is 0 Å². The molecule has 162 valence electrons. The van der Waals surface area contributed by atoms with Gasteiger partial charge in [0.05, 0.1) is 17.7 Å². The fourth-order valence-electron chi connectivity index (χ4n) is 6.67. The van der Waals surface area contributed by atoms with Gasteiger partial charge in [-0.25, -0.2) is 0 Å². The van der Waals surface area contributed by atoms with Crippen molar-refractivity contribution in [2.45, 2.75) is 71.9 Å². The Hall–Kier alpha value is -1.18. The number of ether oxygens (including phenoxy) is 2. The molecule has 1 aromatic carbocycles. The van der Waals surface area contributed by atoms with E-state index in [1.807, 2.05) is 0 Å². The number of esters is 1. The van der Waals surface area contributed by atoms with Gasteiger partial charge in [0, 0.05) is 5.41 Å². The van der Waals surface area contributed by atoms with E-state index in [-0.39, 0.29) is 35.4 Å². The summed E-state index contributed by atoms with van der Waals surface area (Å²) in [5.41, 5.74) is 2.87. The summed E-state index contributed by atoms with van der Waals surface area (Å²) < 4.78 is 12.7. The van der Waals surface area contributed by atoms with E-state index in [4.69, 9.17) is 9.47 Å². The van der Waals surface area contributed by atoms with Crippen LogP contribution >= 0.6 is 7.92 Å². The van der Waals surface area contributed by atoms with Crippen LogP contribution in [0.3, 0.4) is 0 Å². The number of rotatable bonds is 4. The molecule has 3 fully saturated rings. The van der Waals surface area contributed by atoms with Gasteiger partial charge in [-0.1, -0.05) is 71.5 Å². The molecule has 8 atom stereocenters. The van der Waals surface area contributed by atoms with Gasteiger partial charge in [-0.2, -0.15) is 0 Å². The molecule has 0 N–H and O–H groups in total. The van der Waals surface area contributed by atoms with Crippen molar-refractivity contribution < 1.29 is 14.3 Å². The van der Waals surface area contributed by atoms with Crippen molar-refractivity contribution in [3.8, 4) is 0 Å². The van der Waals surface area contributed by atoms with Crippen LogP contribution in [0.5, 0.6) is 0 Å². The quantitative estimate of drug-likeness (QED) is 0.420. The average molecular weight is 427 g/mol. The second-order valence-corrected chi connectivity index (χ2v) is 13.0. The lowest BCUT2D eigenvalue weighted by molar-refractivity contribution is -0.185. The van der Waals surface area contributed by atoms with Crippen LogP contribution in [0.15, 0.2) is 35.9 Å². The highest BCUT2D eigenvalue weighted by atomic mass is 31.1. The fraction of sp³-hybridized carbons (Fsp3) is 0.654. The highest BCUT2D eigenvalue weighted by Crippen LogP contribution is 2.78. The third kappa shape index (κ3) is 3.03. The summed E-state index contributed by atoms with van der Waals surface area (Å²) in [4.78, 5) is 13.0. The predicted octanol–water partition coefficient (Wildman–Crippen LogP) is 6.28. The third-order valence-electron chi connectivity index (χ3n) is 8.46. The molecule has 0 radical (unpaired) electrons. The van der Waals surface area contributed by atoms with E-state index in [9.17, 15) is 4.79 Å². The van der Waals surface area contributed by atoms with Gasteiger partial charge in [-0.15, -0.1) is 0 Å². The highest BCUT2D eigenvalue weighted by molar-refractivity contribution is 7.70. The lowest BCUT2D eigenvalue weighted by atomic mass is 9.72. The molecule has 3 nitrogen and oxygen atoms in total. The smallest absolute Gasteiger partial charge is 0.313 e. The van der Waals surface area contributed by atoms with Gasteiger partial charge in [0.2, 0.25) is 6.29 Å². The number of benzene rings is 1. The summed E-state index contributed by atoms with van der Waals surface area (Å²) in [6.07, 6.45) is 4.48. The molecule has 0 spiro atoms. The minimum absolute atomic E-state index is 0.0192. The molecule has 4 heteroatoms. The Labute approximate surface area is 182 Å². The second kappa shape index (κ2) is 7.45. The Kier molecular flexibility index (Phi) is 5.14. The van der Waals surface area contributed by atoms with Gasteiger partial charge in [-0.05, 0) is 61.0 Å². The molecule has 30 heavy (non-hydrogen) atoms. The van der Waals surface area contributed by atoms with Crippen molar-refractivity contribution in [1.29, 1.82) is 0 Å². The summed E-state index contributed by atoms with van der Waals surface area (Å²) >= 11 is 0. The summed E-state index contributed by atoms with van der Waals surface area (Å²) in [5.74, 6) is 1.86. The predicted molar refractivity (Wildman–Crippen MR) is 122 cm³/mol. The van der Waals surface area contributed by atoms with Gasteiger partial charge in [-0.3, -0.25) is 4.79 Å². The van der Waals surface area contributed by atoms with E-state index in [1.165, 1.54) is 29.3 Å². The van der Waals surface area contributed by atoms with E-state index in [1.54, 1.807) is 0 Å². The number of carbonyl (C=O) groups is 1. The summed E-state index contributed by atoms with van der Waals surface area (Å²) in [6, 6.07) is 10.8. The monoisotopic (exact) mass is 426 g/mol. The lowest BCUT2D eigenvalue weighted by Gasteiger charge is -2.39. The molecule has 5 rings (SSSR count). The van der Waals surface area contributed by atoms with Crippen molar-refractivity contribution in [2.75, 3.05) is 6.16 Å². The van der Waals surface area contributed by atoms with Gasteiger partial charge in [0.25, 0.3) is 0 Å². The van der Waals surface area contributed by atoms with Crippen molar-refractivity contribution in [1.82, 2.24) is 0 Å². The molecule has 1 aliphatic carbocycles. The van der Waals surface area contributed by atoms with Crippen LogP contribution in [-0.4, -0.2) is 30.2 Å². The van der Waals surface area contributed by atoms with Crippen molar-refractivity contribution in [3.05, 3.63) is 41.5 Å². The van der Waals surface area contributed by atoms with Crippen LogP contribution in [0.4, 0.5) is 0 Å². The Morgan fingerprint density at radius 2 is 1.93 bits per heavy atom. The normalized spacial score (nSPS) is 42.7. The van der Waals surface area contributed by atoms with Crippen LogP contribution in [0.25, 0.3) is 5.31 Å². The SMILES string of the molecule is CC1=C(c2ccccc2)P2CC1(C)C1C(=O)O[C@@H](OC3CC[C@H](C)C[C@H]3C(C)C)C12. The van der Waals surface area contributed by atoms with Crippen LogP contribution in [0.1, 0.15) is 59.4 Å². The highest BCUT2D eigenvalue weighted by Gasteiger charge is 2.67. The van der Waals surface area contributed by atoms with Gasteiger partial charge >= 0.3 is 5.97 Å². The Balaban J connectivity index is 1.45. The third-order valence-corrected chi connectivity index (χ3v) is 11.9. The van der Waals surface area contributed by atoms with Gasteiger partial charge in [0.15, 0.2) is 0 Å². The standard InChI is InChI=1S/C26H35O3P/c1-15(2)19-13-16(3)11-12-20(19)28-25-23-21(24(27)29-25)26(5)14-30(23)22(17(26)4)18-9-7-6-8-10-18/h6-10,15-16,19-21,23,25H,11-14H2,1-5H3/t16-,19-,20?,21?,23?,25+,26?,30?/m0/s1. The molecule has 5 unspecified atom stereocenters. The zero-order valence-electron chi connectivity index (χ0n) is 18.9. The van der Waals surface area contributed by atoms with Crippen molar-refractivity contribution >= 4 is 19.2 Å². The second-order valence-electron chi connectivity index (χ2n) is 10.7. The van der Waals surface area contributed by atoms with Crippen LogP contribution in [-0.2, 0) is 14.3 Å². The van der Waals surface area contributed by atoms with Crippen molar-refractivity contribution in [3.63, 3.8) is 0 Å². The number of hydrogen-bond acceptors (Lipinski definition) is 3. The molecule has 3 heterocycles. The molecule has 1 aromatic rings. The molecule has 0 amide bonds. The average Bonchev–Trinajstić information content (AvgIpc) is 3.30. The minimum atomic E-state index is -0.459. The Morgan fingerprint density at radius 3 is 2.63 bits per heavy atom. The Bertz CT molecular complexity index is 862. The zero-order chi connectivity index (χ0) is 21.2. The molecule has 0 aromatic heterocycles. The van der Waals surface area contributed by atoms with E-state index in [0.29, 0.717) is 11.8 Å². The number of hydrogen-bond donors (Lipinski definition) is 0. The molecule has 2 saturated heterocycles. The van der Waals surface area contributed by atoms with E-state index in [2.05, 4.69) is 65.0 Å². The van der Waals surface area contributed by atoms with E-state index in [0.717, 1.165) is 18.5 Å². The fourth-order valence-corrected chi connectivity index (χ4v) is 10.9. The number of cyclic esters (lactones) is 1. The molecule has 3 aliphatic heterocycles. The first-order valence-electron chi connectivity index (χ1n) is 11.7. The van der Waals surface area contributed by atoms with Gasteiger partial charge in [0.1, 0.15) is 0 Å². The first-order chi connectivity index (χ1) is 14.3. The van der Waals surface area contributed by atoms with E-state index >= 15 is 0 Å². The lowest BCUT2D eigenvalue weighted by Crippen LogP contribution is -2.40. The number of fused-ring (bicyclic) bond motifs is 5.